The fraction of sp³-hybridized carbons (Fsp3) is 0.538. The molecular formula is C13H20BrCl2FN2O. The number of nitrogens with one attached hydrogen (secondary N) is 1. The molecule has 2 N–H and O–H groups in total. The van der Waals surface area contributed by atoms with E-state index in [0.29, 0.717) is 5.56 Å². The number of hydrogen-bond acceptors (Lipinski definition) is 3. The van der Waals surface area contributed by atoms with Crippen molar-refractivity contribution in [3.8, 4) is 5.75 Å². The average Bonchev–Trinajstić information content (AvgIpc) is 2.40. The summed E-state index contributed by atoms with van der Waals surface area (Å²) >= 11 is 3.42. The van der Waals surface area contributed by atoms with Crippen molar-refractivity contribution in [2.75, 3.05) is 26.2 Å². The molecule has 0 radical (unpaired) electrons. The van der Waals surface area contributed by atoms with Crippen molar-refractivity contribution in [1.29, 1.82) is 0 Å². The topological polar surface area (TPSA) is 35.5 Å². The molecule has 0 spiro atoms. The van der Waals surface area contributed by atoms with Crippen LogP contribution in [-0.2, 0) is 0 Å². The van der Waals surface area contributed by atoms with Crippen molar-refractivity contribution in [2.24, 2.45) is 0 Å². The van der Waals surface area contributed by atoms with E-state index >= 15 is 0 Å². The number of phenolic OH excluding ortho intramolecular Hbond substituents is 1. The molecule has 20 heavy (non-hydrogen) atoms. The van der Waals surface area contributed by atoms with Crippen LogP contribution in [-0.4, -0.2) is 36.2 Å². The SMILES string of the molecule is CC[C@H](c1c(Br)ccc(F)c1O)N1CCNCC1.Cl.Cl. The van der Waals surface area contributed by atoms with Gasteiger partial charge in [0, 0.05) is 42.3 Å². The van der Waals surface area contributed by atoms with Gasteiger partial charge in [-0.25, -0.2) is 4.39 Å². The summed E-state index contributed by atoms with van der Waals surface area (Å²) in [5, 5.41) is 13.3. The first kappa shape index (κ1) is 19.9. The molecule has 1 fully saturated rings. The highest BCUT2D eigenvalue weighted by Crippen LogP contribution is 2.38. The minimum absolute atomic E-state index is 0. The molecule has 116 valence electrons. The first-order valence-electron chi connectivity index (χ1n) is 6.26. The Balaban J connectivity index is 0.00000180. The summed E-state index contributed by atoms with van der Waals surface area (Å²) < 4.78 is 14.3. The van der Waals surface area contributed by atoms with Gasteiger partial charge in [-0.05, 0) is 18.6 Å². The van der Waals surface area contributed by atoms with E-state index in [1.165, 1.54) is 6.07 Å². The highest BCUT2D eigenvalue weighted by atomic mass is 79.9. The number of hydrogen-bond donors (Lipinski definition) is 2. The van der Waals surface area contributed by atoms with Gasteiger partial charge >= 0.3 is 0 Å². The molecular weight excluding hydrogens is 370 g/mol. The normalized spacial score (nSPS) is 16.9. The third-order valence-corrected chi connectivity index (χ3v) is 4.12. The van der Waals surface area contributed by atoms with Crippen LogP contribution in [0.5, 0.6) is 5.75 Å². The Morgan fingerprint density at radius 3 is 2.50 bits per heavy atom. The Hall–Kier alpha value is -0.0700. The van der Waals surface area contributed by atoms with Gasteiger partial charge in [-0.1, -0.05) is 22.9 Å². The number of nitrogens with zero attached hydrogens (tertiary/aromatic N) is 1. The zero-order valence-electron chi connectivity index (χ0n) is 11.2. The lowest BCUT2D eigenvalue weighted by Gasteiger charge is -2.35. The lowest BCUT2D eigenvalue weighted by atomic mass is 10.0. The monoisotopic (exact) mass is 388 g/mol. The second-order valence-corrected chi connectivity index (χ2v) is 5.36. The first-order valence-corrected chi connectivity index (χ1v) is 7.06. The Kier molecular flexibility index (Phi) is 9.02. The van der Waals surface area contributed by atoms with E-state index in [0.717, 1.165) is 37.1 Å². The number of benzene rings is 1. The molecule has 2 rings (SSSR count). The molecule has 1 heterocycles. The van der Waals surface area contributed by atoms with Gasteiger partial charge in [0.1, 0.15) is 0 Å². The summed E-state index contributed by atoms with van der Waals surface area (Å²) in [5.74, 6) is -0.781. The van der Waals surface area contributed by atoms with Crippen LogP contribution in [0.3, 0.4) is 0 Å². The second-order valence-electron chi connectivity index (χ2n) is 4.50. The lowest BCUT2D eigenvalue weighted by Crippen LogP contribution is -2.45. The minimum Gasteiger partial charge on any atom is -0.505 e. The Bertz CT molecular complexity index is 431. The van der Waals surface area contributed by atoms with Gasteiger partial charge < -0.3 is 10.4 Å². The Labute approximate surface area is 139 Å². The summed E-state index contributed by atoms with van der Waals surface area (Å²) in [6.45, 7) is 5.76. The molecule has 0 saturated carbocycles. The zero-order chi connectivity index (χ0) is 13.1. The van der Waals surface area contributed by atoms with Gasteiger partial charge in [0.2, 0.25) is 0 Å². The fourth-order valence-electron chi connectivity index (χ4n) is 2.51. The van der Waals surface area contributed by atoms with Crippen LogP contribution >= 0.6 is 40.7 Å². The summed E-state index contributed by atoms with van der Waals surface area (Å²) in [5.41, 5.74) is 0.666. The highest BCUT2D eigenvalue weighted by molar-refractivity contribution is 9.10. The van der Waals surface area contributed by atoms with Crippen LogP contribution in [0, 0.1) is 5.82 Å². The van der Waals surface area contributed by atoms with Crippen molar-refractivity contribution < 1.29 is 9.50 Å². The number of aromatic hydroxyl groups is 1. The average molecular weight is 390 g/mol. The van der Waals surface area contributed by atoms with E-state index in [-0.39, 0.29) is 36.6 Å². The lowest BCUT2D eigenvalue weighted by molar-refractivity contribution is 0.165. The van der Waals surface area contributed by atoms with Crippen LogP contribution in [0.15, 0.2) is 16.6 Å². The molecule has 0 amide bonds. The van der Waals surface area contributed by atoms with Gasteiger partial charge in [-0.3, -0.25) is 4.90 Å². The third-order valence-electron chi connectivity index (χ3n) is 3.43. The van der Waals surface area contributed by atoms with Gasteiger partial charge in [0.25, 0.3) is 0 Å². The summed E-state index contributed by atoms with van der Waals surface area (Å²) in [6, 6.07) is 3.00. The van der Waals surface area contributed by atoms with Crippen LogP contribution in [0.1, 0.15) is 24.9 Å². The maximum absolute atomic E-state index is 13.5. The number of phenols is 1. The largest absolute Gasteiger partial charge is 0.505 e. The molecule has 3 nitrogen and oxygen atoms in total. The summed E-state index contributed by atoms with van der Waals surface area (Å²) in [6.07, 6.45) is 0.843. The van der Waals surface area contributed by atoms with Gasteiger partial charge in [-0.2, -0.15) is 0 Å². The van der Waals surface area contributed by atoms with E-state index in [1.807, 2.05) is 0 Å². The van der Waals surface area contributed by atoms with E-state index < -0.39 is 5.82 Å². The molecule has 1 saturated heterocycles. The molecule has 0 aliphatic carbocycles. The molecule has 0 aromatic heterocycles. The molecule has 7 heteroatoms. The molecule has 0 bridgehead atoms. The van der Waals surface area contributed by atoms with Crippen molar-refractivity contribution in [3.63, 3.8) is 0 Å². The molecule has 1 aliphatic heterocycles. The van der Waals surface area contributed by atoms with Crippen molar-refractivity contribution in [3.05, 3.63) is 28.0 Å². The highest BCUT2D eigenvalue weighted by Gasteiger charge is 2.26. The molecule has 1 aromatic carbocycles. The van der Waals surface area contributed by atoms with Crippen LogP contribution in [0.25, 0.3) is 0 Å². The predicted molar refractivity (Wildman–Crippen MR) is 87.7 cm³/mol. The molecule has 1 aromatic rings. The predicted octanol–water partition coefficient (Wildman–Crippen LogP) is 3.49. The zero-order valence-corrected chi connectivity index (χ0v) is 14.5. The van der Waals surface area contributed by atoms with Crippen LogP contribution in [0.4, 0.5) is 4.39 Å². The number of halogens is 4. The van der Waals surface area contributed by atoms with E-state index in [9.17, 15) is 9.50 Å². The summed E-state index contributed by atoms with van der Waals surface area (Å²) in [7, 11) is 0. The third kappa shape index (κ3) is 4.21. The van der Waals surface area contributed by atoms with E-state index in [1.54, 1.807) is 6.07 Å². The van der Waals surface area contributed by atoms with Crippen LogP contribution < -0.4 is 5.32 Å². The minimum atomic E-state index is -0.554. The smallest absolute Gasteiger partial charge is 0.165 e. The van der Waals surface area contributed by atoms with Gasteiger partial charge in [0.05, 0.1) is 0 Å². The number of rotatable bonds is 3. The van der Waals surface area contributed by atoms with Crippen molar-refractivity contribution >= 4 is 40.7 Å². The van der Waals surface area contributed by atoms with Gasteiger partial charge in [-0.15, -0.1) is 24.8 Å². The maximum Gasteiger partial charge on any atom is 0.165 e. The Morgan fingerprint density at radius 2 is 1.95 bits per heavy atom. The first-order chi connectivity index (χ1) is 8.65. The van der Waals surface area contributed by atoms with E-state index in [2.05, 4.69) is 33.1 Å². The second kappa shape index (κ2) is 9.05. The van der Waals surface area contributed by atoms with E-state index in [4.69, 9.17) is 0 Å². The van der Waals surface area contributed by atoms with Crippen molar-refractivity contribution in [1.82, 2.24) is 10.2 Å². The number of piperazine rings is 1. The molecule has 1 atom stereocenters. The van der Waals surface area contributed by atoms with Crippen LogP contribution in [0.2, 0.25) is 0 Å². The quantitative estimate of drug-likeness (QED) is 0.830. The molecule has 1 aliphatic rings. The molecule has 0 unspecified atom stereocenters. The maximum atomic E-state index is 13.5. The standard InChI is InChI=1S/C13H18BrFN2O.2ClH/c1-2-11(17-7-5-16-6-8-17)12-9(14)3-4-10(15)13(12)18;;/h3-4,11,16,18H,2,5-8H2,1H3;2*1H/t11-;;/m1../s1. The Morgan fingerprint density at radius 1 is 1.35 bits per heavy atom. The van der Waals surface area contributed by atoms with Gasteiger partial charge in [0.15, 0.2) is 11.6 Å². The fourth-order valence-corrected chi connectivity index (χ4v) is 3.10. The summed E-state index contributed by atoms with van der Waals surface area (Å²) in [4.78, 5) is 2.29. The van der Waals surface area contributed by atoms with Crippen molar-refractivity contribution in [2.45, 2.75) is 19.4 Å².